The molecule has 0 radical (unpaired) electrons. The van der Waals surface area contributed by atoms with E-state index in [1.54, 1.807) is 12.1 Å². The molecule has 0 spiro atoms. The lowest BCUT2D eigenvalue weighted by molar-refractivity contribution is 0.575. The zero-order valence-corrected chi connectivity index (χ0v) is 13.3. The predicted molar refractivity (Wildman–Crippen MR) is 84.1 cm³/mol. The lowest BCUT2D eigenvalue weighted by Crippen LogP contribution is -2.11. The Balaban J connectivity index is 2.16. The molecular weight excluding hydrogens is 270 g/mol. The minimum absolute atomic E-state index is 0.192. The molecule has 0 unspecified atom stereocenters. The standard InChI is InChI=1S/C16H27NO2S/c1-2-3-4-5-6-7-8-9-10-15-11-13-16(14-12-15)20(17,18)19/h11-14H,2-10H2,1H3,(H2,17,18,19). The van der Waals surface area contributed by atoms with E-state index in [-0.39, 0.29) is 4.90 Å². The number of rotatable bonds is 10. The number of benzene rings is 1. The summed E-state index contributed by atoms with van der Waals surface area (Å²) in [7, 11) is -3.56. The van der Waals surface area contributed by atoms with Crippen LogP contribution in [0.25, 0.3) is 0 Å². The number of hydrogen-bond acceptors (Lipinski definition) is 2. The Kier molecular flexibility index (Phi) is 7.85. The van der Waals surface area contributed by atoms with Gasteiger partial charge < -0.3 is 0 Å². The molecule has 1 aromatic rings. The Hall–Kier alpha value is -0.870. The van der Waals surface area contributed by atoms with Crippen LogP contribution in [0.2, 0.25) is 0 Å². The highest BCUT2D eigenvalue weighted by molar-refractivity contribution is 7.89. The number of primary sulfonamides is 1. The van der Waals surface area contributed by atoms with Gasteiger partial charge in [0.05, 0.1) is 4.90 Å². The van der Waals surface area contributed by atoms with Gasteiger partial charge >= 0.3 is 0 Å². The van der Waals surface area contributed by atoms with Crippen molar-refractivity contribution in [2.24, 2.45) is 5.14 Å². The Bertz CT molecular complexity index is 466. The monoisotopic (exact) mass is 297 g/mol. The Labute approximate surface area is 123 Å². The summed E-state index contributed by atoms with van der Waals surface area (Å²) in [5.74, 6) is 0. The lowest BCUT2D eigenvalue weighted by Gasteiger charge is -2.04. The summed E-state index contributed by atoms with van der Waals surface area (Å²) < 4.78 is 22.3. The van der Waals surface area contributed by atoms with E-state index in [4.69, 9.17) is 5.14 Å². The Morgan fingerprint density at radius 1 is 0.850 bits per heavy atom. The first kappa shape index (κ1) is 17.2. The summed E-state index contributed by atoms with van der Waals surface area (Å²) in [6, 6.07) is 6.91. The zero-order valence-electron chi connectivity index (χ0n) is 12.5. The maximum atomic E-state index is 11.1. The first-order valence-corrected chi connectivity index (χ1v) is 9.20. The van der Waals surface area contributed by atoms with Crippen molar-refractivity contribution in [3.05, 3.63) is 29.8 Å². The van der Waals surface area contributed by atoms with E-state index in [2.05, 4.69) is 6.92 Å². The lowest BCUT2D eigenvalue weighted by atomic mass is 10.0. The van der Waals surface area contributed by atoms with Gasteiger partial charge in [-0.15, -0.1) is 0 Å². The molecule has 0 saturated heterocycles. The van der Waals surface area contributed by atoms with Crippen molar-refractivity contribution in [2.45, 2.75) is 69.6 Å². The number of hydrogen-bond donors (Lipinski definition) is 1. The minimum atomic E-state index is -3.56. The molecule has 3 nitrogen and oxygen atoms in total. The highest BCUT2D eigenvalue weighted by Crippen LogP contribution is 2.13. The van der Waals surface area contributed by atoms with Crippen LogP contribution in [0.15, 0.2) is 29.2 Å². The number of unbranched alkanes of at least 4 members (excludes halogenated alkanes) is 7. The fourth-order valence-corrected chi connectivity index (χ4v) is 2.82. The van der Waals surface area contributed by atoms with Gasteiger partial charge in [0.25, 0.3) is 0 Å². The van der Waals surface area contributed by atoms with Gasteiger partial charge in [-0.3, -0.25) is 0 Å². The summed E-state index contributed by atoms with van der Waals surface area (Å²) in [6.45, 7) is 2.24. The first-order valence-electron chi connectivity index (χ1n) is 7.66. The molecule has 0 bridgehead atoms. The van der Waals surface area contributed by atoms with E-state index in [0.717, 1.165) is 6.42 Å². The molecule has 0 aliphatic heterocycles. The third-order valence-corrected chi connectivity index (χ3v) is 4.50. The van der Waals surface area contributed by atoms with Crippen molar-refractivity contribution in [3.8, 4) is 0 Å². The minimum Gasteiger partial charge on any atom is -0.225 e. The largest absolute Gasteiger partial charge is 0.238 e. The molecule has 114 valence electrons. The van der Waals surface area contributed by atoms with E-state index in [0.29, 0.717) is 0 Å². The molecule has 0 fully saturated rings. The average molecular weight is 297 g/mol. The number of sulfonamides is 1. The summed E-state index contributed by atoms with van der Waals surface area (Å²) in [5, 5.41) is 5.07. The number of aryl methyl sites for hydroxylation is 1. The van der Waals surface area contributed by atoms with E-state index in [9.17, 15) is 8.42 Å². The Morgan fingerprint density at radius 2 is 1.35 bits per heavy atom. The molecule has 0 heterocycles. The molecule has 0 amide bonds. The molecule has 2 N–H and O–H groups in total. The van der Waals surface area contributed by atoms with Crippen molar-refractivity contribution < 1.29 is 8.42 Å². The second kappa shape index (κ2) is 9.14. The van der Waals surface area contributed by atoms with Gasteiger partial charge in [-0.25, -0.2) is 13.6 Å². The fraction of sp³-hybridized carbons (Fsp3) is 0.625. The molecule has 0 aliphatic carbocycles. The molecule has 1 aromatic carbocycles. The highest BCUT2D eigenvalue weighted by Gasteiger charge is 2.06. The highest BCUT2D eigenvalue weighted by atomic mass is 32.2. The second-order valence-corrected chi connectivity index (χ2v) is 6.98. The molecule has 1 rings (SSSR count). The maximum absolute atomic E-state index is 11.1. The van der Waals surface area contributed by atoms with Gasteiger partial charge in [0.2, 0.25) is 10.0 Å². The number of nitrogens with two attached hydrogens (primary N) is 1. The van der Waals surface area contributed by atoms with Crippen molar-refractivity contribution in [2.75, 3.05) is 0 Å². The van der Waals surface area contributed by atoms with Crippen LogP contribution in [0.5, 0.6) is 0 Å². The molecule has 0 atom stereocenters. The van der Waals surface area contributed by atoms with E-state index < -0.39 is 10.0 Å². The molecule has 4 heteroatoms. The van der Waals surface area contributed by atoms with Gasteiger partial charge in [0, 0.05) is 0 Å². The normalized spacial score (nSPS) is 11.7. The summed E-state index contributed by atoms with van der Waals surface area (Å²) in [6.07, 6.45) is 11.5. The van der Waals surface area contributed by atoms with Crippen LogP contribution in [0, 0.1) is 0 Å². The van der Waals surface area contributed by atoms with Crippen molar-refractivity contribution in [3.63, 3.8) is 0 Å². The smallest absolute Gasteiger partial charge is 0.225 e. The predicted octanol–water partition coefficient (Wildman–Crippen LogP) is 4.02. The molecule has 0 saturated carbocycles. The van der Waals surface area contributed by atoms with Crippen LogP contribution < -0.4 is 5.14 Å². The second-order valence-electron chi connectivity index (χ2n) is 5.41. The Morgan fingerprint density at radius 3 is 1.85 bits per heavy atom. The van der Waals surface area contributed by atoms with Crippen LogP contribution in [0.3, 0.4) is 0 Å². The quantitative estimate of drug-likeness (QED) is 0.663. The van der Waals surface area contributed by atoms with Gasteiger partial charge in [0.15, 0.2) is 0 Å². The van der Waals surface area contributed by atoms with E-state index in [1.807, 2.05) is 12.1 Å². The summed E-state index contributed by atoms with van der Waals surface area (Å²) >= 11 is 0. The zero-order chi connectivity index (χ0) is 14.8. The van der Waals surface area contributed by atoms with E-state index in [1.165, 1.54) is 56.9 Å². The van der Waals surface area contributed by atoms with Gasteiger partial charge in [-0.1, -0.05) is 64.0 Å². The SMILES string of the molecule is CCCCCCCCCCc1ccc(S(N)(=O)=O)cc1. The average Bonchev–Trinajstić information content (AvgIpc) is 2.41. The topological polar surface area (TPSA) is 60.2 Å². The van der Waals surface area contributed by atoms with Crippen molar-refractivity contribution in [1.29, 1.82) is 0 Å². The fourth-order valence-electron chi connectivity index (χ4n) is 2.31. The summed E-state index contributed by atoms with van der Waals surface area (Å²) in [4.78, 5) is 0.192. The third-order valence-electron chi connectivity index (χ3n) is 3.57. The van der Waals surface area contributed by atoms with Crippen LogP contribution in [0.4, 0.5) is 0 Å². The van der Waals surface area contributed by atoms with Gasteiger partial charge in [0.1, 0.15) is 0 Å². The maximum Gasteiger partial charge on any atom is 0.238 e. The molecule has 0 aliphatic rings. The van der Waals surface area contributed by atoms with Crippen LogP contribution in [-0.4, -0.2) is 8.42 Å². The van der Waals surface area contributed by atoms with Gasteiger partial charge in [-0.05, 0) is 30.5 Å². The van der Waals surface area contributed by atoms with Crippen LogP contribution >= 0.6 is 0 Å². The molecule has 20 heavy (non-hydrogen) atoms. The first-order chi connectivity index (χ1) is 9.54. The van der Waals surface area contributed by atoms with Crippen molar-refractivity contribution in [1.82, 2.24) is 0 Å². The van der Waals surface area contributed by atoms with Crippen molar-refractivity contribution >= 4 is 10.0 Å². The van der Waals surface area contributed by atoms with Crippen LogP contribution in [-0.2, 0) is 16.4 Å². The molecule has 0 aromatic heterocycles. The molecular formula is C16H27NO2S. The summed E-state index contributed by atoms with van der Waals surface area (Å²) in [5.41, 5.74) is 1.18. The third kappa shape index (κ3) is 7.06. The van der Waals surface area contributed by atoms with Gasteiger partial charge in [-0.2, -0.15) is 0 Å². The van der Waals surface area contributed by atoms with E-state index >= 15 is 0 Å². The van der Waals surface area contributed by atoms with Crippen LogP contribution in [0.1, 0.15) is 63.9 Å².